The SMILES string of the molecule is CC(=O)N(CCNC(=O)c1ccc(Cl)c(Cl)c1)c1ccc(C)c(Cl)c1. The predicted octanol–water partition coefficient (Wildman–Crippen LogP) is 4.74. The van der Waals surface area contributed by atoms with Crippen molar-refractivity contribution in [1.82, 2.24) is 5.32 Å². The third-order valence-corrected chi connectivity index (χ3v) is 4.80. The molecular formula is C18H17Cl3N2O2. The van der Waals surface area contributed by atoms with Crippen LogP contribution in [0.15, 0.2) is 36.4 Å². The van der Waals surface area contributed by atoms with Crippen molar-refractivity contribution < 1.29 is 9.59 Å². The molecule has 0 atom stereocenters. The van der Waals surface area contributed by atoms with Crippen LogP contribution in [0, 0.1) is 6.92 Å². The van der Waals surface area contributed by atoms with Crippen molar-refractivity contribution in [2.75, 3.05) is 18.0 Å². The minimum absolute atomic E-state index is 0.135. The monoisotopic (exact) mass is 398 g/mol. The number of benzene rings is 2. The summed E-state index contributed by atoms with van der Waals surface area (Å²) >= 11 is 17.9. The number of rotatable bonds is 5. The molecule has 0 aliphatic rings. The van der Waals surface area contributed by atoms with Gasteiger partial charge in [-0.15, -0.1) is 0 Å². The molecule has 4 nitrogen and oxygen atoms in total. The van der Waals surface area contributed by atoms with E-state index in [0.29, 0.717) is 32.9 Å². The van der Waals surface area contributed by atoms with Gasteiger partial charge >= 0.3 is 0 Å². The number of anilines is 1. The molecule has 0 aliphatic heterocycles. The molecule has 132 valence electrons. The van der Waals surface area contributed by atoms with E-state index in [2.05, 4.69) is 5.32 Å². The van der Waals surface area contributed by atoms with Crippen LogP contribution in [-0.4, -0.2) is 24.9 Å². The number of halogens is 3. The van der Waals surface area contributed by atoms with Gasteiger partial charge in [0.15, 0.2) is 0 Å². The van der Waals surface area contributed by atoms with Gasteiger partial charge in [0.25, 0.3) is 5.91 Å². The largest absolute Gasteiger partial charge is 0.350 e. The molecule has 0 saturated heterocycles. The van der Waals surface area contributed by atoms with Crippen molar-refractivity contribution in [3.63, 3.8) is 0 Å². The molecular weight excluding hydrogens is 383 g/mol. The van der Waals surface area contributed by atoms with Crippen molar-refractivity contribution in [2.24, 2.45) is 0 Å². The average Bonchev–Trinajstić information content (AvgIpc) is 2.56. The molecule has 0 aliphatic carbocycles. The van der Waals surface area contributed by atoms with Crippen molar-refractivity contribution in [1.29, 1.82) is 0 Å². The van der Waals surface area contributed by atoms with E-state index in [1.165, 1.54) is 13.0 Å². The van der Waals surface area contributed by atoms with Crippen LogP contribution < -0.4 is 10.2 Å². The Hall–Kier alpha value is -1.75. The molecule has 25 heavy (non-hydrogen) atoms. The third-order valence-electron chi connectivity index (χ3n) is 3.65. The highest BCUT2D eigenvalue weighted by Gasteiger charge is 2.14. The van der Waals surface area contributed by atoms with Crippen molar-refractivity contribution in [3.8, 4) is 0 Å². The molecule has 0 heterocycles. The van der Waals surface area contributed by atoms with Crippen LogP contribution in [0.2, 0.25) is 15.1 Å². The first kappa shape index (κ1) is 19.6. The highest BCUT2D eigenvalue weighted by atomic mass is 35.5. The minimum atomic E-state index is -0.288. The van der Waals surface area contributed by atoms with Crippen LogP contribution in [0.1, 0.15) is 22.8 Å². The van der Waals surface area contributed by atoms with E-state index < -0.39 is 0 Å². The van der Waals surface area contributed by atoms with Crippen LogP contribution in [-0.2, 0) is 4.79 Å². The molecule has 1 N–H and O–H groups in total. The van der Waals surface area contributed by atoms with Crippen molar-refractivity contribution in [2.45, 2.75) is 13.8 Å². The van der Waals surface area contributed by atoms with E-state index in [0.717, 1.165) is 5.56 Å². The topological polar surface area (TPSA) is 49.4 Å². The summed E-state index contributed by atoms with van der Waals surface area (Å²) in [5.41, 5.74) is 2.02. The first-order valence-corrected chi connectivity index (χ1v) is 8.70. The van der Waals surface area contributed by atoms with Crippen LogP contribution in [0.5, 0.6) is 0 Å². The van der Waals surface area contributed by atoms with Gasteiger partial charge in [-0.05, 0) is 42.8 Å². The molecule has 2 aromatic rings. The molecule has 0 unspecified atom stereocenters. The predicted molar refractivity (Wildman–Crippen MR) is 103 cm³/mol. The second-order valence-electron chi connectivity index (χ2n) is 5.49. The van der Waals surface area contributed by atoms with Gasteiger partial charge < -0.3 is 10.2 Å². The second-order valence-corrected chi connectivity index (χ2v) is 6.71. The van der Waals surface area contributed by atoms with Crippen LogP contribution in [0.4, 0.5) is 5.69 Å². The van der Waals surface area contributed by atoms with Crippen molar-refractivity contribution >= 4 is 52.3 Å². The molecule has 2 amide bonds. The van der Waals surface area contributed by atoms with Gasteiger partial charge in [-0.2, -0.15) is 0 Å². The fourth-order valence-corrected chi connectivity index (χ4v) is 2.71. The van der Waals surface area contributed by atoms with Crippen LogP contribution in [0.3, 0.4) is 0 Å². The maximum Gasteiger partial charge on any atom is 0.251 e. The summed E-state index contributed by atoms with van der Waals surface area (Å²) in [7, 11) is 0. The van der Waals surface area contributed by atoms with E-state index in [9.17, 15) is 9.59 Å². The van der Waals surface area contributed by atoms with Gasteiger partial charge in [-0.25, -0.2) is 0 Å². The molecule has 0 bridgehead atoms. The first-order valence-electron chi connectivity index (χ1n) is 7.57. The molecule has 0 radical (unpaired) electrons. The van der Waals surface area contributed by atoms with Gasteiger partial charge in [-0.3, -0.25) is 9.59 Å². The zero-order valence-corrected chi connectivity index (χ0v) is 16.0. The lowest BCUT2D eigenvalue weighted by atomic mass is 10.2. The minimum Gasteiger partial charge on any atom is -0.350 e. The Kier molecular flexibility index (Phi) is 6.71. The van der Waals surface area contributed by atoms with Gasteiger partial charge in [0.2, 0.25) is 5.91 Å². The Balaban J connectivity index is 2.01. The summed E-state index contributed by atoms with van der Waals surface area (Å²) < 4.78 is 0. The summed E-state index contributed by atoms with van der Waals surface area (Å²) in [6.07, 6.45) is 0. The molecule has 0 saturated carbocycles. The lowest BCUT2D eigenvalue weighted by molar-refractivity contribution is -0.116. The molecule has 0 spiro atoms. The number of hydrogen-bond acceptors (Lipinski definition) is 2. The Morgan fingerprint density at radius 2 is 1.72 bits per heavy atom. The van der Waals surface area contributed by atoms with Gasteiger partial charge in [0.05, 0.1) is 10.0 Å². The zero-order chi connectivity index (χ0) is 18.6. The smallest absolute Gasteiger partial charge is 0.251 e. The third kappa shape index (κ3) is 5.11. The summed E-state index contributed by atoms with van der Waals surface area (Å²) in [5.74, 6) is -0.423. The van der Waals surface area contributed by atoms with Gasteiger partial charge in [-0.1, -0.05) is 40.9 Å². The van der Waals surface area contributed by atoms with Crippen molar-refractivity contribution in [3.05, 3.63) is 62.6 Å². The molecule has 0 aromatic heterocycles. The zero-order valence-electron chi connectivity index (χ0n) is 13.8. The highest BCUT2D eigenvalue weighted by Crippen LogP contribution is 2.24. The number of nitrogens with one attached hydrogen (secondary N) is 1. The summed E-state index contributed by atoms with van der Waals surface area (Å²) in [4.78, 5) is 25.6. The Bertz CT molecular complexity index is 809. The normalized spacial score (nSPS) is 10.4. The number of carbonyl (C=O) groups excluding carboxylic acids is 2. The summed E-state index contributed by atoms with van der Waals surface area (Å²) in [6, 6.07) is 10.1. The Labute approximate surface area is 161 Å². The standard InChI is InChI=1S/C18H17Cl3N2O2/c1-11-3-5-14(10-16(11)20)23(12(2)24)8-7-22-18(25)13-4-6-15(19)17(21)9-13/h3-6,9-10H,7-8H2,1-2H3,(H,22,25). The molecule has 2 rings (SSSR count). The van der Waals surface area contributed by atoms with E-state index >= 15 is 0 Å². The van der Waals surface area contributed by atoms with Gasteiger partial charge in [0.1, 0.15) is 0 Å². The number of hydrogen-bond donors (Lipinski definition) is 1. The Morgan fingerprint density at radius 1 is 1.00 bits per heavy atom. The number of nitrogens with zero attached hydrogens (tertiary/aromatic N) is 1. The van der Waals surface area contributed by atoms with E-state index in [-0.39, 0.29) is 18.4 Å². The lowest BCUT2D eigenvalue weighted by Gasteiger charge is -2.22. The number of amides is 2. The van der Waals surface area contributed by atoms with E-state index in [1.807, 2.05) is 19.1 Å². The Morgan fingerprint density at radius 3 is 2.32 bits per heavy atom. The summed E-state index contributed by atoms with van der Waals surface area (Å²) in [6.45, 7) is 3.96. The van der Waals surface area contributed by atoms with Crippen LogP contribution >= 0.6 is 34.8 Å². The lowest BCUT2D eigenvalue weighted by Crippen LogP contribution is -2.37. The fraction of sp³-hybridized carbons (Fsp3) is 0.222. The molecule has 7 heteroatoms. The molecule has 0 fully saturated rings. The maximum atomic E-state index is 12.2. The molecule has 2 aromatic carbocycles. The average molecular weight is 400 g/mol. The van der Waals surface area contributed by atoms with Gasteiger partial charge in [0, 0.05) is 36.3 Å². The maximum absolute atomic E-state index is 12.2. The quantitative estimate of drug-likeness (QED) is 0.789. The van der Waals surface area contributed by atoms with E-state index in [1.54, 1.807) is 23.1 Å². The number of carbonyl (C=O) groups is 2. The number of aryl methyl sites for hydroxylation is 1. The van der Waals surface area contributed by atoms with Crippen LogP contribution in [0.25, 0.3) is 0 Å². The fourth-order valence-electron chi connectivity index (χ4n) is 2.24. The first-order chi connectivity index (χ1) is 11.8. The second kappa shape index (κ2) is 8.56. The van der Waals surface area contributed by atoms with E-state index in [4.69, 9.17) is 34.8 Å². The summed E-state index contributed by atoms with van der Waals surface area (Å²) in [5, 5.41) is 4.05. The highest BCUT2D eigenvalue weighted by molar-refractivity contribution is 6.42.